The predicted molar refractivity (Wildman–Crippen MR) is 103 cm³/mol. The Bertz CT molecular complexity index is 739. The van der Waals surface area contributed by atoms with Crippen molar-refractivity contribution in [2.45, 2.75) is 24.7 Å². The highest BCUT2D eigenvalue weighted by molar-refractivity contribution is 7.89. The zero-order valence-electron chi connectivity index (χ0n) is 16.2. The SMILES string of the molecule is CCCN1CCCN(C(=O)CNS(=O)(=O)c2cc(OC)ccc2OC)CC1. The molecule has 27 heavy (non-hydrogen) atoms. The van der Waals surface area contributed by atoms with Crippen molar-refractivity contribution >= 4 is 15.9 Å². The van der Waals surface area contributed by atoms with Crippen molar-refractivity contribution in [1.82, 2.24) is 14.5 Å². The Hall–Kier alpha value is -1.84. The largest absolute Gasteiger partial charge is 0.497 e. The van der Waals surface area contributed by atoms with Crippen LogP contribution in [-0.2, 0) is 14.8 Å². The van der Waals surface area contributed by atoms with E-state index >= 15 is 0 Å². The number of sulfonamides is 1. The summed E-state index contributed by atoms with van der Waals surface area (Å²) in [7, 11) is -1.06. The van der Waals surface area contributed by atoms with E-state index in [4.69, 9.17) is 9.47 Å². The molecular weight excluding hydrogens is 370 g/mol. The summed E-state index contributed by atoms with van der Waals surface area (Å²) in [5, 5.41) is 0. The molecule has 1 amide bonds. The summed E-state index contributed by atoms with van der Waals surface area (Å²) in [6.45, 7) is 5.91. The molecule has 1 aromatic rings. The molecule has 0 radical (unpaired) electrons. The first-order chi connectivity index (χ1) is 12.9. The summed E-state index contributed by atoms with van der Waals surface area (Å²) >= 11 is 0. The third-order valence-electron chi connectivity index (χ3n) is 4.55. The summed E-state index contributed by atoms with van der Waals surface area (Å²) in [6.07, 6.45) is 1.97. The van der Waals surface area contributed by atoms with Gasteiger partial charge in [0, 0.05) is 25.7 Å². The molecule has 1 fully saturated rings. The first kappa shape index (κ1) is 21.5. The second-order valence-electron chi connectivity index (χ2n) is 6.42. The Balaban J connectivity index is 2.01. The maximum Gasteiger partial charge on any atom is 0.244 e. The van der Waals surface area contributed by atoms with Crippen LogP contribution in [0.4, 0.5) is 0 Å². The maximum absolute atomic E-state index is 12.6. The normalized spacial score (nSPS) is 16.0. The number of nitrogens with one attached hydrogen (secondary N) is 1. The minimum Gasteiger partial charge on any atom is -0.497 e. The lowest BCUT2D eigenvalue weighted by Gasteiger charge is -2.22. The average molecular weight is 400 g/mol. The van der Waals surface area contributed by atoms with Crippen LogP contribution >= 0.6 is 0 Å². The van der Waals surface area contributed by atoms with Crippen molar-refractivity contribution in [1.29, 1.82) is 0 Å². The molecule has 0 spiro atoms. The van der Waals surface area contributed by atoms with Gasteiger partial charge in [0.05, 0.1) is 20.8 Å². The van der Waals surface area contributed by atoms with Crippen LogP contribution in [0.15, 0.2) is 23.1 Å². The van der Waals surface area contributed by atoms with Gasteiger partial charge in [-0.25, -0.2) is 13.1 Å². The molecule has 0 atom stereocenters. The average Bonchev–Trinajstić information content (AvgIpc) is 2.91. The van der Waals surface area contributed by atoms with Gasteiger partial charge in [-0.3, -0.25) is 4.79 Å². The summed E-state index contributed by atoms with van der Waals surface area (Å²) in [5.74, 6) is 0.366. The van der Waals surface area contributed by atoms with E-state index in [1.54, 1.807) is 11.0 Å². The molecular formula is C18H29N3O5S. The van der Waals surface area contributed by atoms with Gasteiger partial charge in [-0.05, 0) is 38.1 Å². The van der Waals surface area contributed by atoms with E-state index in [2.05, 4.69) is 16.5 Å². The number of carbonyl (C=O) groups excluding carboxylic acids is 1. The van der Waals surface area contributed by atoms with Gasteiger partial charge in [0.2, 0.25) is 15.9 Å². The summed E-state index contributed by atoms with van der Waals surface area (Å²) < 4.78 is 37.9. The highest BCUT2D eigenvalue weighted by Gasteiger charge is 2.24. The molecule has 1 aromatic carbocycles. The number of rotatable bonds is 8. The van der Waals surface area contributed by atoms with Crippen molar-refractivity contribution in [2.75, 3.05) is 53.5 Å². The quantitative estimate of drug-likeness (QED) is 0.700. The zero-order valence-corrected chi connectivity index (χ0v) is 17.0. The third kappa shape index (κ3) is 5.82. The van der Waals surface area contributed by atoms with E-state index in [0.29, 0.717) is 18.8 Å². The van der Waals surface area contributed by atoms with E-state index in [1.165, 1.54) is 26.4 Å². The lowest BCUT2D eigenvalue weighted by Crippen LogP contribution is -2.42. The number of carbonyl (C=O) groups is 1. The molecule has 1 N–H and O–H groups in total. The smallest absolute Gasteiger partial charge is 0.244 e. The molecule has 0 bridgehead atoms. The second-order valence-corrected chi connectivity index (χ2v) is 8.15. The van der Waals surface area contributed by atoms with Gasteiger partial charge < -0.3 is 19.3 Å². The Kier molecular flexibility index (Phi) is 7.88. The minimum atomic E-state index is -3.91. The molecule has 0 saturated carbocycles. The standard InChI is InChI=1S/C18H29N3O5S/c1-4-8-20-9-5-10-21(12-11-20)18(22)14-19-27(23,24)17-13-15(25-2)6-7-16(17)26-3/h6-7,13,19H,4-5,8-12,14H2,1-3H3. The molecule has 0 aromatic heterocycles. The Morgan fingerprint density at radius 2 is 1.93 bits per heavy atom. The molecule has 152 valence electrons. The first-order valence-electron chi connectivity index (χ1n) is 9.13. The number of benzene rings is 1. The van der Waals surface area contributed by atoms with Crippen molar-refractivity contribution in [3.8, 4) is 11.5 Å². The van der Waals surface area contributed by atoms with Gasteiger partial charge in [0.15, 0.2) is 0 Å². The Labute approximate surface area is 161 Å². The molecule has 0 aliphatic carbocycles. The molecule has 1 heterocycles. The van der Waals surface area contributed by atoms with E-state index in [9.17, 15) is 13.2 Å². The fourth-order valence-corrected chi connectivity index (χ4v) is 4.26. The molecule has 0 unspecified atom stereocenters. The predicted octanol–water partition coefficient (Wildman–Crippen LogP) is 0.926. The molecule has 8 nitrogen and oxygen atoms in total. The van der Waals surface area contributed by atoms with Crippen LogP contribution < -0.4 is 14.2 Å². The lowest BCUT2D eigenvalue weighted by molar-refractivity contribution is -0.129. The van der Waals surface area contributed by atoms with Crippen molar-refractivity contribution in [3.63, 3.8) is 0 Å². The number of methoxy groups -OCH3 is 2. The van der Waals surface area contributed by atoms with E-state index in [-0.39, 0.29) is 23.1 Å². The van der Waals surface area contributed by atoms with Crippen molar-refractivity contribution in [3.05, 3.63) is 18.2 Å². The van der Waals surface area contributed by atoms with Gasteiger partial charge in [0.1, 0.15) is 16.4 Å². The monoisotopic (exact) mass is 399 g/mol. The van der Waals surface area contributed by atoms with Crippen molar-refractivity contribution < 1.29 is 22.7 Å². The Morgan fingerprint density at radius 3 is 2.59 bits per heavy atom. The van der Waals surface area contributed by atoms with Crippen LogP contribution in [0.2, 0.25) is 0 Å². The van der Waals surface area contributed by atoms with Crippen LogP contribution in [0, 0.1) is 0 Å². The van der Waals surface area contributed by atoms with Crippen LogP contribution in [0.5, 0.6) is 11.5 Å². The summed E-state index contributed by atoms with van der Waals surface area (Å²) in [5.41, 5.74) is 0. The van der Waals surface area contributed by atoms with Crippen LogP contribution in [0.1, 0.15) is 19.8 Å². The Morgan fingerprint density at radius 1 is 1.15 bits per heavy atom. The van der Waals surface area contributed by atoms with Gasteiger partial charge in [-0.2, -0.15) is 0 Å². The second kappa shape index (κ2) is 9.91. The fraction of sp³-hybridized carbons (Fsp3) is 0.611. The number of nitrogens with zero attached hydrogens (tertiary/aromatic N) is 2. The minimum absolute atomic E-state index is 0.0536. The molecule has 9 heteroatoms. The number of amides is 1. The van der Waals surface area contributed by atoms with Crippen LogP contribution in [-0.4, -0.2) is 77.6 Å². The van der Waals surface area contributed by atoms with Crippen LogP contribution in [0.3, 0.4) is 0 Å². The van der Waals surface area contributed by atoms with Gasteiger partial charge in [0.25, 0.3) is 0 Å². The number of hydrogen-bond donors (Lipinski definition) is 1. The van der Waals surface area contributed by atoms with E-state index in [0.717, 1.165) is 32.5 Å². The molecule has 1 aliphatic heterocycles. The summed E-state index contributed by atoms with van der Waals surface area (Å²) in [4.78, 5) is 16.5. The van der Waals surface area contributed by atoms with Gasteiger partial charge in [-0.15, -0.1) is 0 Å². The van der Waals surface area contributed by atoms with Crippen LogP contribution in [0.25, 0.3) is 0 Å². The van der Waals surface area contributed by atoms with Gasteiger partial charge >= 0.3 is 0 Å². The maximum atomic E-state index is 12.6. The lowest BCUT2D eigenvalue weighted by atomic mass is 10.3. The fourth-order valence-electron chi connectivity index (χ4n) is 3.10. The number of hydrogen-bond acceptors (Lipinski definition) is 6. The first-order valence-corrected chi connectivity index (χ1v) is 10.6. The molecule has 2 rings (SSSR count). The molecule has 1 saturated heterocycles. The van der Waals surface area contributed by atoms with E-state index in [1.807, 2.05) is 0 Å². The van der Waals surface area contributed by atoms with Crippen molar-refractivity contribution in [2.24, 2.45) is 0 Å². The highest BCUT2D eigenvalue weighted by Crippen LogP contribution is 2.27. The van der Waals surface area contributed by atoms with Gasteiger partial charge in [-0.1, -0.05) is 6.92 Å². The zero-order chi connectivity index (χ0) is 19.9. The number of ether oxygens (including phenoxy) is 2. The molecule has 1 aliphatic rings. The summed E-state index contributed by atoms with van der Waals surface area (Å²) in [6, 6.07) is 4.51. The third-order valence-corrected chi connectivity index (χ3v) is 5.98. The van der Waals surface area contributed by atoms with E-state index < -0.39 is 10.0 Å². The highest BCUT2D eigenvalue weighted by atomic mass is 32.2. The topological polar surface area (TPSA) is 88.2 Å².